The van der Waals surface area contributed by atoms with Crippen molar-refractivity contribution in [3.8, 4) is 0 Å². The number of carbonyl (C=O) groups excluding carboxylic acids is 2. The third-order valence-corrected chi connectivity index (χ3v) is 3.98. The number of carboxylic acid groups (broad SMARTS) is 1. The molecule has 0 heterocycles. The Morgan fingerprint density at radius 2 is 1.38 bits per heavy atom. The molecular formula is C18H24INO6. The fourth-order valence-electron chi connectivity index (χ4n) is 1.99. The molecule has 144 valence electrons. The van der Waals surface area contributed by atoms with E-state index >= 15 is 0 Å². The molecule has 0 fully saturated rings. The topological polar surface area (TPSA) is 116 Å². The minimum absolute atomic E-state index is 0.00822. The van der Waals surface area contributed by atoms with Crippen LogP contribution in [-0.4, -0.2) is 34.2 Å². The van der Waals surface area contributed by atoms with E-state index in [-0.39, 0.29) is 11.1 Å². The largest absolute Gasteiger partial charge is 0.478 e. The zero-order valence-electron chi connectivity index (χ0n) is 15.7. The second-order valence-electron chi connectivity index (χ2n) is 7.81. The first-order chi connectivity index (χ1) is 11.6. The van der Waals surface area contributed by atoms with E-state index < -0.39 is 34.6 Å². The van der Waals surface area contributed by atoms with Gasteiger partial charge < -0.3 is 20.3 Å². The van der Waals surface area contributed by atoms with Crippen LogP contribution in [0.5, 0.6) is 0 Å². The van der Waals surface area contributed by atoms with E-state index in [1.54, 1.807) is 41.5 Å². The Kier molecular flexibility index (Phi) is 6.46. The SMILES string of the molecule is CC(C)(C)OC(=O)C(N)(C(=O)OC(C)(C)C)c1ccc(C(=O)O)cc1I. The lowest BCUT2D eigenvalue weighted by molar-refractivity contribution is -0.177. The standard InChI is InChI=1S/C18H24INO6/c1-16(2,3)25-14(23)18(20,15(24)26-17(4,5)6)11-8-7-10(13(21)22)9-12(11)19/h7-9H,20H2,1-6H3,(H,21,22). The fourth-order valence-corrected chi connectivity index (χ4v) is 2.93. The van der Waals surface area contributed by atoms with Crippen LogP contribution in [0.25, 0.3) is 0 Å². The van der Waals surface area contributed by atoms with Gasteiger partial charge in [0, 0.05) is 9.13 Å². The van der Waals surface area contributed by atoms with Crippen molar-refractivity contribution in [3.05, 3.63) is 32.9 Å². The molecule has 7 nitrogen and oxygen atoms in total. The highest BCUT2D eigenvalue weighted by Crippen LogP contribution is 2.30. The van der Waals surface area contributed by atoms with E-state index in [1.165, 1.54) is 18.2 Å². The summed E-state index contributed by atoms with van der Waals surface area (Å²) in [6.45, 7) is 9.91. The molecule has 3 N–H and O–H groups in total. The van der Waals surface area contributed by atoms with Crippen molar-refractivity contribution in [1.29, 1.82) is 0 Å². The molecular weight excluding hydrogens is 453 g/mol. The molecule has 1 rings (SSSR count). The van der Waals surface area contributed by atoms with Crippen LogP contribution in [0.4, 0.5) is 0 Å². The van der Waals surface area contributed by atoms with Gasteiger partial charge in [0.15, 0.2) is 0 Å². The Morgan fingerprint density at radius 1 is 0.962 bits per heavy atom. The molecule has 0 amide bonds. The summed E-state index contributed by atoms with van der Waals surface area (Å²) in [6, 6.07) is 3.93. The number of hydrogen-bond acceptors (Lipinski definition) is 6. The lowest BCUT2D eigenvalue weighted by Crippen LogP contribution is -2.56. The van der Waals surface area contributed by atoms with Gasteiger partial charge in [-0.3, -0.25) is 0 Å². The molecule has 1 aromatic carbocycles. The van der Waals surface area contributed by atoms with E-state index in [0.29, 0.717) is 3.57 Å². The average Bonchev–Trinajstić information content (AvgIpc) is 2.42. The second kappa shape index (κ2) is 7.51. The summed E-state index contributed by atoms with van der Waals surface area (Å²) in [7, 11) is 0. The number of rotatable bonds is 4. The van der Waals surface area contributed by atoms with Gasteiger partial charge in [-0.25, -0.2) is 14.4 Å². The molecule has 8 heteroatoms. The summed E-state index contributed by atoms with van der Waals surface area (Å²) < 4.78 is 11.0. The van der Waals surface area contributed by atoms with Crippen LogP contribution in [0.2, 0.25) is 0 Å². The van der Waals surface area contributed by atoms with Crippen LogP contribution >= 0.6 is 22.6 Å². The summed E-state index contributed by atoms with van der Waals surface area (Å²) in [5, 5.41) is 9.11. The number of hydrogen-bond donors (Lipinski definition) is 2. The van der Waals surface area contributed by atoms with Crippen molar-refractivity contribution < 1.29 is 29.0 Å². The van der Waals surface area contributed by atoms with Crippen molar-refractivity contribution in [2.75, 3.05) is 0 Å². The minimum atomic E-state index is -2.23. The maximum absolute atomic E-state index is 12.8. The molecule has 0 aromatic heterocycles. The zero-order chi connectivity index (χ0) is 20.5. The van der Waals surface area contributed by atoms with Gasteiger partial charge >= 0.3 is 17.9 Å². The molecule has 0 spiro atoms. The highest BCUT2D eigenvalue weighted by Gasteiger charge is 2.50. The normalized spacial score (nSPS) is 12.5. The average molecular weight is 477 g/mol. The molecule has 0 bridgehead atoms. The molecule has 0 radical (unpaired) electrons. The van der Waals surface area contributed by atoms with E-state index in [9.17, 15) is 14.4 Å². The van der Waals surface area contributed by atoms with Gasteiger partial charge in [0.25, 0.3) is 0 Å². The van der Waals surface area contributed by atoms with Gasteiger partial charge in [0.05, 0.1) is 5.56 Å². The molecule has 0 atom stereocenters. The highest BCUT2D eigenvalue weighted by atomic mass is 127. The number of ether oxygens (including phenoxy) is 2. The number of carbonyl (C=O) groups is 3. The second-order valence-corrected chi connectivity index (χ2v) is 8.97. The number of carboxylic acids is 1. The molecule has 0 saturated heterocycles. The van der Waals surface area contributed by atoms with Gasteiger partial charge in [0.2, 0.25) is 5.54 Å². The number of nitrogens with two attached hydrogens (primary N) is 1. The molecule has 26 heavy (non-hydrogen) atoms. The number of esters is 2. The predicted octanol–water partition coefficient (Wildman–Crippen LogP) is 2.83. The van der Waals surface area contributed by atoms with Crippen LogP contribution in [0, 0.1) is 3.57 Å². The van der Waals surface area contributed by atoms with Crippen LogP contribution < -0.4 is 5.73 Å². The maximum atomic E-state index is 12.8. The van der Waals surface area contributed by atoms with E-state index in [1.807, 2.05) is 22.6 Å². The third-order valence-electron chi connectivity index (χ3n) is 3.08. The molecule has 0 aliphatic rings. The highest BCUT2D eigenvalue weighted by molar-refractivity contribution is 14.1. The van der Waals surface area contributed by atoms with Gasteiger partial charge in [-0.05, 0) is 76.3 Å². The molecule has 0 aliphatic carbocycles. The van der Waals surface area contributed by atoms with Crippen molar-refractivity contribution in [3.63, 3.8) is 0 Å². The molecule has 0 unspecified atom stereocenters. The Labute approximate surface area is 166 Å². The minimum Gasteiger partial charge on any atom is -0.478 e. The molecule has 0 saturated carbocycles. The predicted molar refractivity (Wildman–Crippen MR) is 104 cm³/mol. The van der Waals surface area contributed by atoms with Gasteiger partial charge in [-0.1, -0.05) is 6.07 Å². The Bertz CT molecular complexity index is 702. The van der Waals surface area contributed by atoms with Crippen molar-refractivity contribution >= 4 is 40.5 Å². The summed E-state index contributed by atoms with van der Waals surface area (Å²) in [5.41, 5.74) is 2.39. The third kappa shape index (κ3) is 5.41. The smallest absolute Gasteiger partial charge is 0.343 e. The zero-order valence-corrected chi connectivity index (χ0v) is 17.8. The summed E-state index contributed by atoms with van der Waals surface area (Å²) in [5.74, 6) is -3.08. The first-order valence-electron chi connectivity index (χ1n) is 7.87. The van der Waals surface area contributed by atoms with Crippen LogP contribution in [0.1, 0.15) is 57.5 Å². The lowest BCUT2D eigenvalue weighted by Gasteiger charge is -2.33. The number of benzene rings is 1. The maximum Gasteiger partial charge on any atom is 0.343 e. The lowest BCUT2D eigenvalue weighted by atomic mass is 9.89. The van der Waals surface area contributed by atoms with Crippen molar-refractivity contribution in [2.45, 2.75) is 58.3 Å². The van der Waals surface area contributed by atoms with Gasteiger partial charge in [0.1, 0.15) is 11.2 Å². The Morgan fingerprint density at radius 3 is 1.69 bits per heavy atom. The first kappa shape index (κ1) is 22.4. The summed E-state index contributed by atoms with van der Waals surface area (Å²) in [6.07, 6.45) is 0. The van der Waals surface area contributed by atoms with Crippen molar-refractivity contribution in [2.24, 2.45) is 5.73 Å². The molecule has 0 aliphatic heterocycles. The van der Waals surface area contributed by atoms with Crippen LogP contribution in [-0.2, 0) is 24.6 Å². The quantitative estimate of drug-likeness (QED) is 0.389. The number of aromatic carboxylic acids is 1. The monoisotopic (exact) mass is 477 g/mol. The van der Waals surface area contributed by atoms with E-state index in [2.05, 4.69) is 0 Å². The molecule has 1 aromatic rings. The fraction of sp³-hybridized carbons (Fsp3) is 0.500. The van der Waals surface area contributed by atoms with Gasteiger partial charge in [-0.2, -0.15) is 0 Å². The van der Waals surface area contributed by atoms with Gasteiger partial charge in [-0.15, -0.1) is 0 Å². The summed E-state index contributed by atoms with van der Waals surface area (Å²) in [4.78, 5) is 36.8. The Hall–Kier alpha value is -1.68. The van der Waals surface area contributed by atoms with Crippen LogP contribution in [0.3, 0.4) is 0 Å². The Balaban J connectivity index is 3.52. The summed E-state index contributed by atoms with van der Waals surface area (Å²) >= 11 is 1.83. The van der Waals surface area contributed by atoms with E-state index in [0.717, 1.165) is 0 Å². The number of halogens is 1. The van der Waals surface area contributed by atoms with Crippen LogP contribution in [0.15, 0.2) is 18.2 Å². The van der Waals surface area contributed by atoms with Crippen molar-refractivity contribution in [1.82, 2.24) is 0 Å². The van der Waals surface area contributed by atoms with E-state index in [4.69, 9.17) is 20.3 Å². The first-order valence-corrected chi connectivity index (χ1v) is 8.95.